The van der Waals surface area contributed by atoms with Crippen molar-refractivity contribution in [3.8, 4) is 0 Å². The lowest BCUT2D eigenvalue weighted by molar-refractivity contribution is 0.100. The summed E-state index contributed by atoms with van der Waals surface area (Å²) >= 11 is 0. The van der Waals surface area contributed by atoms with E-state index in [9.17, 15) is 4.79 Å². The Hall–Kier alpha value is -1.98. The number of aromatic nitrogens is 1. The van der Waals surface area contributed by atoms with Crippen LogP contribution < -0.4 is 22.5 Å². The maximum Gasteiger partial charge on any atom is 0.254 e. The van der Waals surface area contributed by atoms with Crippen molar-refractivity contribution in [1.29, 1.82) is 0 Å². The van der Waals surface area contributed by atoms with Crippen LogP contribution in [-0.2, 0) is 0 Å². The highest BCUT2D eigenvalue weighted by atomic mass is 16.1. The second-order valence-electron chi connectivity index (χ2n) is 4.70. The van der Waals surface area contributed by atoms with E-state index in [0.717, 1.165) is 12.8 Å². The minimum Gasteiger partial charge on any atom is -0.398 e. The topological polar surface area (TPSA) is 120 Å². The quantitative estimate of drug-likeness (QED) is 0.639. The van der Waals surface area contributed by atoms with Crippen LogP contribution in [0.2, 0.25) is 0 Å². The summed E-state index contributed by atoms with van der Waals surface area (Å²) in [7, 11) is 0. The number of nitrogens with two attached hydrogens (primary N) is 3. The summed E-state index contributed by atoms with van der Waals surface area (Å²) in [6.45, 7) is 0. The molecule has 0 bridgehead atoms. The Labute approximate surface area is 106 Å². The lowest BCUT2D eigenvalue weighted by Gasteiger charge is -2.24. The van der Waals surface area contributed by atoms with E-state index in [2.05, 4.69) is 10.3 Å². The van der Waals surface area contributed by atoms with Crippen molar-refractivity contribution in [2.24, 2.45) is 5.73 Å². The largest absolute Gasteiger partial charge is 0.398 e. The molecule has 0 unspecified atom stereocenters. The minimum absolute atomic E-state index is 0.231. The molecule has 6 nitrogen and oxygen atoms in total. The van der Waals surface area contributed by atoms with Crippen LogP contribution in [0.25, 0.3) is 0 Å². The number of anilines is 3. The van der Waals surface area contributed by atoms with Crippen LogP contribution in [0.3, 0.4) is 0 Å². The van der Waals surface area contributed by atoms with Gasteiger partial charge < -0.3 is 22.5 Å². The highest BCUT2D eigenvalue weighted by Crippen LogP contribution is 2.26. The van der Waals surface area contributed by atoms with Gasteiger partial charge in [0, 0.05) is 12.1 Å². The monoisotopic (exact) mass is 249 g/mol. The molecule has 0 aliphatic heterocycles. The van der Waals surface area contributed by atoms with Gasteiger partial charge in [0.05, 0.1) is 5.69 Å². The second kappa shape index (κ2) is 5.12. The zero-order chi connectivity index (χ0) is 13.1. The molecule has 0 atom stereocenters. The molecule has 6 heteroatoms. The first-order valence-corrected chi connectivity index (χ1v) is 6.20. The Kier molecular flexibility index (Phi) is 3.55. The molecular weight excluding hydrogens is 230 g/mol. The van der Waals surface area contributed by atoms with Gasteiger partial charge in [-0.05, 0) is 12.8 Å². The van der Waals surface area contributed by atoms with Crippen LogP contribution in [0.4, 0.5) is 17.3 Å². The number of carbonyl (C=O) groups excluding carboxylic acids is 1. The molecule has 1 amide bonds. The van der Waals surface area contributed by atoms with Crippen LogP contribution in [-0.4, -0.2) is 16.9 Å². The molecule has 1 saturated carbocycles. The van der Waals surface area contributed by atoms with E-state index in [4.69, 9.17) is 17.2 Å². The van der Waals surface area contributed by atoms with E-state index in [1.54, 1.807) is 0 Å². The van der Waals surface area contributed by atoms with Gasteiger partial charge in [-0.15, -0.1) is 0 Å². The summed E-state index contributed by atoms with van der Waals surface area (Å²) in [5.41, 5.74) is 17.3. The fourth-order valence-corrected chi connectivity index (χ4v) is 2.39. The lowest BCUT2D eigenvalue weighted by Crippen LogP contribution is -2.26. The Bertz CT molecular complexity index is 454. The van der Waals surface area contributed by atoms with Gasteiger partial charge >= 0.3 is 0 Å². The summed E-state index contributed by atoms with van der Waals surface area (Å²) < 4.78 is 0. The van der Waals surface area contributed by atoms with Gasteiger partial charge in [-0.1, -0.05) is 19.3 Å². The first-order valence-electron chi connectivity index (χ1n) is 6.20. The molecule has 0 saturated heterocycles. The molecule has 1 heterocycles. The van der Waals surface area contributed by atoms with Gasteiger partial charge in [0.25, 0.3) is 5.91 Å². The van der Waals surface area contributed by atoms with Crippen molar-refractivity contribution in [2.45, 2.75) is 38.1 Å². The molecule has 1 fully saturated rings. The third-order valence-electron chi connectivity index (χ3n) is 3.26. The summed E-state index contributed by atoms with van der Waals surface area (Å²) in [6, 6.07) is 1.76. The highest BCUT2D eigenvalue weighted by molar-refractivity contribution is 6.03. The maximum atomic E-state index is 11.4. The molecule has 0 radical (unpaired) electrons. The molecule has 0 aromatic carbocycles. The van der Waals surface area contributed by atoms with E-state index < -0.39 is 5.91 Å². The smallest absolute Gasteiger partial charge is 0.254 e. The molecule has 0 spiro atoms. The second-order valence-corrected chi connectivity index (χ2v) is 4.70. The minimum atomic E-state index is -0.585. The van der Waals surface area contributed by atoms with Gasteiger partial charge in [0.2, 0.25) is 0 Å². The van der Waals surface area contributed by atoms with Crippen LogP contribution in [0, 0.1) is 0 Å². The normalized spacial score (nSPS) is 16.4. The molecule has 98 valence electrons. The van der Waals surface area contributed by atoms with E-state index >= 15 is 0 Å². The van der Waals surface area contributed by atoms with Gasteiger partial charge in [-0.3, -0.25) is 4.79 Å². The standard InChI is InChI=1S/C12H19N5O/c13-8-6-9(14)17-12(10(8)11(15)18)16-7-4-2-1-3-5-7/h6-7H,1-5H2,(H2,15,18)(H5,13,14,16,17). The number of amides is 1. The number of hydrogen-bond donors (Lipinski definition) is 4. The van der Waals surface area contributed by atoms with Crippen LogP contribution in [0.15, 0.2) is 6.07 Å². The number of carbonyl (C=O) groups is 1. The summed E-state index contributed by atoms with van der Waals surface area (Å²) in [4.78, 5) is 15.6. The summed E-state index contributed by atoms with van der Waals surface area (Å²) in [5, 5.41) is 3.24. The zero-order valence-electron chi connectivity index (χ0n) is 10.3. The van der Waals surface area contributed by atoms with Gasteiger partial charge in [-0.25, -0.2) is 4.98 Å². The lowest BCUT2D eigenvalue weighted by atomic mass is 9.95. The van der Waals surface area contributed by atoms with Gasteiger partial charge in [0.15, 0.2) is 0 Å². The van der Waals surface area contributed by atoms with E-state index in [0.29, 0.717) is 11.9 Å². The van der Waals surface area contributed by atoms with E-state index in [1.165, 1.54) is 25.3 Å². The average Bonchev–Trinajstić information content (AvgIpc) is 2.28. The first-order chi connectivity index (χ1) is 8.58. The molecule has 2 rings (SSSR count). The van der Waals surface area contributed by atoms with Gasteiger partial charge in [-0.2, -0.15) is 0 Å². The first kappa shape index (κ1) is 12.5. The number of pyridine rings is 1. The van der Waals surface area contributed by atoms with E-state index in [1.807, 2.05) is 0 Å². The molecule has 7 N–H and O–H groups in total. The Morgan fingerprint density at radius 2 is 1.94 bits per heavy atom. The molecular formula is C12H19N5O. The maximum absolute atomic E-state index is 11.4. The number of rotatable bonds is 3. The van der Waals surface area contributed by atoms with Crippen LogP contribution in [0.1, 0.15) is 42.5 Å². The number of nitrogens with zero attached hydrogens (tertiary/aromatic N) is 1. The fourth-order valence-electron chi connectivity index (χ4n) is 2.39. The molecule has 1 aromatic rings. The highest BCUT2D eigenvalue weighted by Gasteiger charge is 2.19. The average molecular weight is 249 g/mol. The van der Waals surface area contributed by atoms with Crippen LogP contribution in [0.5, 0.6) is 0 Å². The molecule has 18 heavy (non-hydrogen) atoms. The van der Waals surface area contributed by atoms with Crippen LogP contribution >= 0.6 is 0 Å². The SMILES string of the molecule is NC(=O)c1c(N)cc(N)nc1NC1CCCCC1. The number of primary amides is 1. The number of hydrogen-bond acceptors (Lipinski definition) is 5. The van der Waals surface area contributed by atoms with Crippen molar-refractivity contribution >= 4 is 23.2 Å². The fraction of sp³-hybridized carbons (Fsp3) is 0.500. The summed E-state index contributed by atoms with van der Waals surface area (Å²) in [5.74, 6) is 0.112. The molecule has 1 aromatic heterocycles. The third kappa shape index (κ3) is 2.64. The predicted octanol–water partition coefficient (Wildman–Crippen LogP) is 1.09. The Balaban J connectivity index is 2.27. The molecule has 1 aliphatic rings. The molecule has 1 aliphatic carbocycles. The van der Waals surface area contributed by atoms with Crippen molar-refractivity contribution in [1.82, 2.24) is 4.98 Å². The number of nitrogen functional groups attached to an aromatic ring is 2. The van der Waals surface area contributed by atoms with Crippen molar-refractivity contribution < 1.29 is 4.79 Å². The van der Waals surface area contributed by atoms with Crippen molar-refractivity contribution in [3.63, 3.8) is 0 Å². The van der Waals surface area contributed by atoms with Gasteiger partial charge in [0.1, 0.15) is 17.2 Å². The zero-order valence-corrected chi connectivity index (χ0v) is 10.3. The Morgan fingerprint density at radius 1 is 1.28 bits per heavy atom. The Morgan fingerprint density at radius 3 is 2.56 bits per heavy atom. The predicted molar refractivity (Wildman–Crippen MR) is 72.1 cm³/mol. The summed E-state index contributed by atoms with van der Waals surface area (Å²) in [6.07, 6.45) is 5.75. The van der Waals surface area contributed by atoms with E-state index in [-0.39, 0.29) is 17.1 Å². The van der Waals surface area contributed by atoms with Crippen molar-refractivity contribution in [3.05, 3.63) is 11.6 Å². The number of nitrogens with one attached hydrogen (secondary N) is 1. The third-order valence-corrected chi connectivity index (χ3v) is 3.26. The van der Waals surface area contributed by atoms with Crippen molar-refractivity contribution in [2.75, 3.05) is 16.8 Å².